The van der Waals surface area contributed by atoms with Crippen molar-refractivity contribution < 1.29 is 9.90 Å². The number of aromatic nitrogens is 1. The van der Waals surface area contributed by atoms with Crippen molar-refractivity contribution in [3.63, 3.8) is 0 Å². The molecule has 1 fully saturated rings. The molecule has 5 heteroatoms. The zero-order valence-electron chi connectivity index (χ0n) is 13.1. The largest absolute Gasteiger partial charge is 0.396 e. The summed E-state index contributed by atoms with van der Waals surface area (Å²) in [7, 11) is 0. The summed E-state index contributed by atoms with van der Waals surface area (Å²) >= 11 is 0. The molecular formula is C18H21N3O2. The maximum Gasteiger partial charge on any atom is 0.178 e. The van der Waals surface area contributed by atoms with Crippen molar-refractivity contribution in [2.75, 3.05) is 26.2 Å². The summed E-state index contributed by atoms with van der Waals surface area (Å²) in [5.41, 5.74) is 1.73. The van der Waals surface area contributed by atoms with Crippen LogP contribution in [0.2, 0.25) is 0 Å². The second-order valence-electron chi connectivity index (χ2n) is 6.16. The molecule has 1 N–H and O–H groups in total. The maximum absolute atomic E-state index is 12.7. The number of aryl methyl sites for hydroxylation is 1. The smallest absolute Gasteiger partial charge is 0.178 e. The van der Waals surface area contributed by atoms with E-state index in [-0.39, 0.29) is 12.4 Å². The van der Waals surface area contributed by atoms with Gasteiger partial charge >= 0.3 is 0 Å². The Morgan fingerprint density at radius 1 is 1.39 bits per heavy atom. The second-order valence-corrected chi connectivity index (χ2v) is 6.16. The Morgan fingerprint density at radius 2 is 2.22 bits per heavy atom. The van der Waals surface area contributed by atoms with E-state index < -0.39 is 0 Å². The second kappa shape index (κ2) is 6.95. The number of ketones is 1. The molecule has 0 saturated carbocycles. The number of Topliss-reactive ketones (excluding diaryl/α,β-unsaturated/α-hetero) is 1. The predicted octanol–water partition coefficient (Wildman–Crippen LogP) is 2.05. The van der Waals surface area contributed by atoms with Crippen LogP contribution in [0.4, 0.5) is 0 Å². The summed E-state index contributed by atoms with van der Waals surface area (Å²) in [5, 5.41) is 19.0. The minimum absolute atomic E-state index is 0.107. The Kier molecular flexibility index (Phi) is 4.75. The first-order chi connectivity index (χ1) is 11.2. The summed E-state index contributed by atoms with van der Waals surface area (Å²) in [6.07, 6.45) is 3.26. The molecule has 5 nitrogen and oxygen atoms in total. The van der Waals surface area contributed by atoms with E-state index in [2.05, 4.69) is 11.0 Å². The van der Waals surface area contributed by atoms with Gasteiger partial charge in [0.1, 0.15) is 0 Å². The van der Waals surface area contributed by atoms with Crippen LogP contribution >= 0.6 is 0 Å². The molecule has 0 radical (unpaired) electrons. The highest BCUT2D eigenvalue weighted by Gasteiger charge is 2.25. The van der Waals surface area contributed by atoms with Gasteiger partial charge in [0, 0.05) is 42.4 Å². The molecule has 2 heterocycles. The molecule has 0 amide bonds. The van der Waals surface area contributed by atoms with Crippen molar-refractivity contribution in [1.29, 1.82) is 5.26 Å². The Balaban J connectivity index is 1.81. The van der Waals surface area contributed by atoms with Gasteiger partial charge in [-0.1, -0.05) is 18.2 Å². The first kappa shape index (κ1) is 15.7. The van der Waals surface area contributed by atoms with Crippen LogP contribution in [-0.4, -0.2) is 46.6 Å². The summed E-state index contributed by atoms with van der Waals surface area (Å²) in [6, 6.07) is 9.99. The number of nitrogens with zero attached hydrogens (tertiary/aromatic N) is 3. The minimum atomic E-state index is 0.107. The third kappa shape index (κ3) is 3.29. The fraction of sp³-hybridized carbons (Fsp3) is 0.444. The zero-order chi connectivity index (χ0) is 16.2. The van der Waals surface area contributed by atoms with Crippen LogP contribution in [0.1, 0.15) is 23.2 Å². The molecule has 1 unspecified atom stereocenters. The molecule has 0 bridgehead atoms. The van der Waals surface area contributed by atoms with Gasteiger partial charge < -0.3 is 9.67 Å². The number of rotatable bonds is 6. The number of hydrogen-bond acceptors (Lipinski definition) is 4. The third-order valence-corrected chi connectivity index (χ3v) is 4.55. The molecule has 2 aromatic rings. The van der Waals surface area contributed by atoms with E-state index in [1.807, 2.05) is 35.0 Å². The van der Waals surface area contributed by atoms with Gasteiger partial charge in [-0.2, -0.15) is 5.26 Å². The number of benzene rings is 1. The number of aliphatic hydroxyl groups excluding tert-OH is 1. The van der Waals surface area contributed by atoms with Gasteiger partial charge in [-0.25, -0.2) is 0 Å². The standard InChI is InChI=1S/C18H21N3O2/c19-7-3-8-21-11-16(15-4-1-2-5-17(15)21)18(23)12-20-9-6-14(10-20)13-22/h1-2,4-5,11,14,22H,3,6,8-10,12-13H2. The Hall–Kier alpha value is -2.16. The lowest BCUT2D eigenvalue weighted by atomic mass is 10.1. The van der Waals surface area contributed by atoms with Crippen LogP contribution in [0, 0.1) is 17.2 Å². The van der Waals surface area contributed by atoms with E-state index >= 15 is 0 Å². The molecule has 1 aliphatic heterocycles. The number of para-hydroxylation sites is 1. The SMILES string of the molecule is N#CCCn1cc(C(=O)CN2CCC(CO)C2)c2ccccc21. The van der Waals surface area contributed by atoms with E-state index in [1.165, 1.54) is 0 Å². The van der Waals surface area contributed by atoms with E-state index in [1.54, 1.807) is 0 Å². The number of carbonyl (C=O) groups excluding carboxylic acids is 1. The third-order valence-electron chi connectivity index (χ3n) is 4.55. The number of nitriles is 1. The zero-order valence-corrected chi connectivity index (χ0v) is 13.1. The lowest BCUT2D eigenvalue weighted by Crippen LogP contribution is -2.28. The molecule has 23 heavy (non-hydrogen) atoms. The van der Waals surface area contributed by atoms with Crippen LogP contribution in [-0.2, 0) is 6.54 Å². The molecule has 0 aliphatic carbocycles. The average molecular weight is 311 g/mol. The molecule has 1 atom stereocenters. The van der Waals surface area contributed by atoms with Gasteiger partial charge in [0.05, 0.1) is 19.0 Å². The summed E-state index contributed by atoms with van der Waals surface area (Å²) in [4.78, 5) is 14.8. The fourth-order valence-electron chi connectivity index (χ4n) is 3.32. The molecule has 3 rings (SSSR count). The number of fused-ring (bicyclic) bond motifs is 1. The van der Waals surface area contributed by atoms with Gasteiger partial charge in [-0.15, -0.1) is 0 Å². The summed E-state index contributed by atoms with van der Waals surface area (Å²) in [5.74, 6) is 0.398. The topological polar surface area (TPSA) is 69.3 Å². The van der Waals surface area contributed by atoms with Crippen molar-refractivity contribution in [2.24, 2.45) is 5.92 Å². The van der Waals surface area contributed by atoms with Gasteiger partial charge in [0.2, 0.25) is 0 Å². The molecule has 1 saturated heterocycles. The fourth-order valence-corrected chi connectivity index (χ4v) is 3.32. The average Bonchev–Trinajstić information content (AvgIpc) is 3.17. The molecule has 120 valence electrons. The normalized spacial score (nSPS) is 18.3. The Labute approximate surface area is 135 Å². The van der Waals surface area contributed by atoms with Gasteiger partial charge in [-0.05, 0) is 24.9 Å². The highest BCUT2D eigenvalue weighted by Crippen LogP contribution is 2.23. The van der Waals surface area contributed by atoms with Crippen molar-refractivity contribution in [3.8, 4) is 6.07 Å². The minimum Gasteiger partial charge on any atom is -0.396 e. The van der Waals surface area contributed by atoms with Gasteiger partial charge in [0.15, 0.2) is 5.78 Å². The molecule has 0 spiro atoms. The highest BCUT2D eigenvalue weighted by atomic mass is 16.3. The first-order valence-corrected chi connectivity index (χ1v) is 8.04. The molecule has 1 aliphatic rings. The van der Waals surface area contributed by atoms with Crippen molar-refractivity contribution in [2.45, 2.75) is 19.4 Å². The molecular weight excluding hydrogens is 290 g/mol. The van der Waals surface area contributed by atoms with Gasteiger partial charge in [-0.3, -0.25) is 9.69 Å². The van der Waals surface area contributed by atoms with Crippen LogP contribution < -0.4 is 0 Å². The van der Waals surface area contributed by atoms with Gasteiger partial charge in [0.25, 0.3) is 0 Å². The van der Waals surface area contributed by atoms with Crippen molar-refractivity contribution >= 4 is 16.7 Å². The summed E-state index contributed by atoms with van der Waals surface area (Å²) in [6.45, 7) is 2.83. The van der Waals surface area contributed by atoms with Crippen molar-refractivity contribution in [1.82, 2.24) is 9.47 Å². The molecule has 1 aromatic carbocycles. The predicted molar refractivity (Wildman–Crippen MR) is 88.1 cm³/mol. The van der Waals surface area contributed by atoms with Crippen LogP contribution in [0.3, 0.4) is 0 Å². The van der Waals surface area contributed by atoms with E-state index in [0.29, 0.717) is 25.4 Å². The van der Waals surface area contributed by atoms with E-state index in [9.17, 15) is 9.90 Å². The lowest BCUT2D eigenvalue weighted by molar-refractivity contribution is 0.0941. The van der Waals surface area contributed by atoms with Crippen LogP contribution in [0.15, 0.2) is 30.5 Å². The quantitative estimate of drug-likeness (QED) is 0.829. The van der Waals surface area contributed by atoms with Crippen LogP contribution in [0.25, 0.3) is 10.9 Å². The Morgan fingerprint density at radius 3 is 2.96 bits per heavy atom. The Bertz CT molecular complexity index is 744. The number of carbonyl (C=O) groups is 1. The number of likely N-dealkylation sites (tertiary alicyclic amines) is 1. The monoisotopic (exact) mass is 311 g/mol. The summed E-state index contributed by atoms with van der Waals surface area (Å²) < 4.78 is 1.99. The van der Waals surface area contributed by atoms with E-state index in [4.69, 9.17) is 5.26 Å². The molecule has 1 aromatic heterocycles. The maximum atomic E-state index is 12.7. The van der Waals surface area contributed by atoms with Crippen LogP contribution in [0.5, 0.6) is 0 Å². The highest BCUT2D eigenvalue weighted by molar-refractivity contribution is 6.09. The number of aliphatic hydroxyl groups is 1. The number of hydrogen-bond donors (Lipinski definition) is 1. The van der Waals surface area contributed by atoms with E-state index in [0.717, 1.165) is 36.0 Å². The lowest BCUT2D eigenvalue weighted by Gasteiger charge is -2.14. The van der Waals surface area contributed by atoms with Crippen molar-refractivity contribution in [3.05, 3.63) is 36.0 Å². The first-order valence-electron chi connectivity index (χ1n) is 8.04.